The third-order valence-electron chi connectivity index (χ3n) is 1.80. The van der Waals surface area contributed by atoms with Crippen LogP contribution in [0.5, 0.6) is 0 Å². The lowest BCUT2D eigenvalue weighted by Crippen LogP contribution is -2.10. The Kier molecular flexibility index (Phi) is 3.05. The Morgan fingerprint density at radius 2 is 2.50 bits per heavy atom. The topological polar surface area (TPSA) is 43.8 Å². The van der Waals surface area contributed by atoms with Crippen LogP contribution >= 0.6 is 0 Å². The van der Waals surface area contributed by atoms with Crippen molar-refractivity contribution < 1.29 is 0 Å². The molecule has 0 atom stereocenters. The molecule has 1 heterocycles. The van der Waals surface area contributed by atoms with E-state index in [9.17, 15) is 0 Å². The van der Waals surface area contributed by atoms with Crippen molar-refractivity contribution in [1.29, 1.82) is 0 Å². The lowest BCUT2D eigenvalue weighted by atomic mass is 10.3. The molecule has 3 heteroatoms. The van der Waals surface area contributed by atoms with Crippen molar-refractivity contribution in [2.24, 2.45) is 5.73 Å². The predicted molar refractivity (Wildman–Crippen MR) is 49.8 cm³/mol. The second-order valence-electron chi connectivity index (χ2n) is 2.78. The van der Waals surface area contributed by atoms with Crippen LogP contribution in [0.4, 0.5) is 0 Å². The van der Waals surface area contributed by atoms with E-state index in [1.54, 1.807) is 0 Å². The Hall–Kier alpha value is -1.09. The molecular formula is C9H15N3. The fourth-order valence-electron chi connectivity index (χ4n) is 1.10. The minimum absolute atomic E-state index is 0.543. The number of aryl methyl sites for hydroxylation is 1. The number of aromatic nitrogens is 2. The van der Waals surface area contributed by atoms with Gasteiger partial charge < -0.3 is 10.3 Å². The van der Waals surface area contributed by atoms with Gasteiger partial charge in [-0.25, -0.2) is 4.98 Å². The van der Waals surface area contributed by atoms with Crippen LogP contribution in [0.15, 0.2) is 24.5 Å². The highest BCUT2D eigenvalue weighted by atomic mass is 15.1. The van der Waals surface area contributed by atoms with Gasteiger partial charge in [-0.1, -0.05) is 13.5 Å². The molecular weight excluding hydrogens is 150 g/mol. The van der Waals surface area contributed by atoms with E-state index >= 15 is 0 Å². The Bertz CT molecular complexity index is 262. The van der Waals surface area contributed by atoms with Crippen molar-refractivity contribution in [2.75, 3.05) is 6.54 Å². The highest BCUT2D eigenvalue weighted by Crippen LogP contribution is 2.01. The van der Waals surface area contributed by atoms with Gasteiger partial charge in [-0.15, -0.1) is 0 Å². The lowest BCUT2D eigenvalue weighted by Gasteiger charge is -2.06. The van der Waals surface area contributed by atoms with E-state index in [-0.39, 0.29) is 0 Å². The molecule has 0 saturated carbocycles. The summed E-state index contributed by atoms with van der Waals surface area (Å²) in [5.74, 6) is 1.09. The van der Waals surface area contributed by atoms with Gasteiger partial charge >= 0.3 is 0 Å². The third kappa shape index (κ3) is 1.95. The molecule has 2 N–H and O–H groups in total. The smallest absolute Gasteiger partial charge is 0.108 e. The Morgan fingerprint density at radius 1 is 1.75 bits per heavy atom. The SMILES string of the molecule is C=C(CN)Cn1ccnc1CC. The molecule has 0 amide bonds. The number of nitrogens with zero attached hydrogens (tertiary/aromatic N) is 2. The van der Waals surface area contributed by atoms with Crippen molar-refractivity contribution in [1.82, 2.24) is 9.55 Å². The van der Waals surface area contributed by atoms with Gasteiger partial charge in [0.05, 0.1) is 0 Å². The monoisotopic (exact) mass is 165 g/mol. The summed E-state index contributed by atoms with van der Waals surface area (Å²) in [4.78, 5) is 4.20. The van der Waals surface area contributed by atoms with Crippen LogP contribution in [0.2, 0.25) is 0 Å². The average molecular weight is 165 g/mol. The molecule has 3 nitrogen and oxygen atoms in total. The standard InChI is InChI=1S/C9H15N3/c1-3-9-11-4-5-12(9)7-8(2)6-10/h4-5H,2-3,6-7,10H2,1H3. The second kappa shape index (κ2) is 4.07. The van der Waals surface area contributed by atoms with Crippen molar-refractivity contribution in [3.63, 3.8) is 0 Å². The summed E-state index contributed by atoms with van der Waals surface area (Å²) >= 11 is 0. The molecule has 0 bridgehead atoms. The van der Waals surface area contributed by atoms with E-state index in [1.807, 2.05) is 12.4 Å². The molecule has 0 aliphatic heterocycles. The summed E-state index contributed by atoms with van der Waals surface area (Å²) in [5, 5.41) is 0. The largest absolute Gasteiger partial charge is 0.331 e. The van der Waals surface area contributed by atoms with Crippen LogP contribution in [-0.2, 0) is 13.0 Å². The van der Waals surface area contributed by atoms with E-state index < -0.39 is 0 Å². The predicted octanol–water partition coefficient (Wildman–Crippen LogP) is 0.960. The van der Waals surface area contributed by atoms with Gasteiger partial charge in [0.1, 0.15) is 5.82 Å². The first-order valence-electron chi connectivity index (χ1n) is 4.14. The molecule has 0 aliphatic carbocycles. The van der Waals surface area contributed by atoms with E-state index in [0.29, 0.717) is 6.54 Å². The number of imidazole rings is 1. The van der Waals surface area contributed by atoms with E-state index in [4.69, 9.17) is 5.73 Å². The first-order valence-corrected chi connectivity index (χ1v) is 4.14. The van der Waals surface area contributed by atoms with Crippen LogP contribution in [0, 0.1) is 0 Å². The van der Waals surface area contributed by atoms with Gasteiger partial charge in [-0.2, -0.15) is 0 Å². The zero-order valence-corrected chi connectivity index (χ0v) is 7.45. The zero-order chi connectivity index (χ0) is 8.97. The molecule has 12 heavy (non-hydrogen) atoms. The van der Waals surface area contributed by atoms with E-state index in [1.165, 1.54) is 0 Å². The van der Waals surface area contributed by atoms with Gasteiger partial charge in [-0.05, 0) is 5.57 Å². The van der Waals surface area contributed by atoms with Gasteiger partial charge in [0.15, 0.2) is 0 Å². The number of rotatable bonds is 4. The highest BCUT2D eigenvalue weighted by molar-refractivity contribution is 5.01. The van der Waals surface area contributed by atoms with Crippen LogP contribution in [0.25, 0.3) is 0 Å². The molecule has 0 aliphatic rings. The van der Waals surface area contributed by atoms with Crippen LogP contribution in [0.1, 0.15) is 12.7 Å². The van der Waals surface area contributed by atoms with E-state index in [2.05, 4.69) is 23.1 Å². The van der Waals surface area contributed by atoms with Crippen molar-refractivity contribution in [3.8, 4) is 0 Å². The summed E-state index contributed by atoms with van der Waals surface area (Å²) in [6, 6.07) is 0. The van der Waals surface area contributed by atoms with Gasteiger partial charge in [0.2, 0.25) is 0 Å². The number of nitrogens with two attached hydrogens (primary N) is 1. The number of hydrogen-bond acceptors (Lipinski definition) is 2. The molecule has 0 fully saturated rings. The highest BCUT2D eigenvalue weighted by Gasteiger charge is 1.99. The quantitative estimate of drug-likeness (QED) is 0.675. The van der Waals surface area contributed by atoms with Crippen LogP contribution < -0.4 is 5.73 Å². The molecule has 0 spiro atoms. The summed E-state index contributed by atoms with van der Waals surface area (Å²) in [5.41, 5.74) is 6.48. The van der Waals surface area contributed by atoms with Crippen LogP contribution in [0.3, 0.4) is 0 Å². The maximum atomic E-state index is 5.45. The molecule has 0 unspecified atom stereocenters. The lowest BCUT2D eigenvalue weighted by molar-refractivity contribution is 0.714. The summed E-state index contributed by atoms with van der Waals surface area (Å²) < 4.78 is 2.08. The molecule has 0 aromatic carbocycles. The van der Waals surface area contributed by atoms with Gasteiger partial charge in [-0.3, -0.25) is 0 Å². The normalized spacial score (nSPS) is 10.2. The minimum Gasteiger partial charge on any atom is -0.331 e. The van der Waals surface area contributed by atoms with Crippen LogP contribution in [-0.4, -0.2) is 16.1 Å². The zero-order valence-electron chi connectivity index (χ0n) is 7.45. The molecule has 1 rings (SSSR count). The Balaban J connectivity index is 2.68. The third-order valence-corrected chi connectivity index (χ3v) is 1.80. The Labute approximate surface area is 72.9 Å². The Morgan fingerprint density at radius 3 is 3.08 bits per heavy atom. The molecule has 66 valence electrons. The fraction of sp³-hybridized carbons (Fsp3) is 0.444. The number of hydrogen-bond donors (Lipinski definition) is 1. The molecule has 1 aromatic rings. The molecule has 1 aromatic heterocycles. The minimum atomic E-state index is 0.543. The molecule has 0 radical (unpaired) electrons. The summed E-state index contributed by atoms with van der Waals surface area (Å²) in [7, 11) is 0. The van der Waals surface area contributed by atoms with Gasteiger partial charge in [0.25, 0.3) is 0 Å². The van der Waals surface area contributed by atoms with Crippen molar-refractivity contribution in [2.45, 2.75) is 19.9 Å². The van der Waals surface area contributed by atoms with Crippen molar-refractivity contribution >= 4 is 0 Å². The molecule has 0 saturated heterocycles. The first-order chi connectivity index (χ1) is 5.77. The second-order valence-corrected chi connectivity index (χ2v) is 2.78. The fourth-order valence-corrected chi connectivity index (χ4v) is 1.10. The van der Waals surface area contributed by atoms with E-state index in [0.717, 1.165) is 24.4 Å². The maximum Gasteiger partial charge on any atom is 0.108 e. The average Bonchev–Trinajstić information content (AvgIpc) is 2.51. The summed E-state index contributed by atoms with van der Waals surface area (Å²) in [6.07, 6.45) is 4.72. The maximum absolute atomic E-state index is 5.45. The first kappa shape index (κ1) is 9.00. The van der Waals surface area contributed by atoms with Gasteiger partial charge in [0, 0.05) is 31.9 Å². The van der Waals surface area contributed by atoms with Crippen molar-refractivity contribution in [3.05, 3.63) is 30.4 Å². The summed E-state index contributed by atoms with van der Waals surface area (Å²) in [6.45, 7) is 7.27.